The van der Waals surface area contributed by atoms with Gasteiger partial charge in [-0.2, -0.15) is 5.10 Å². The van der Waals surface area contributed by atoms with Crippen LogP contribution in [0, 0.1) is 0 Å². The fourth-order valence-corrected chi connectivity index (χ4v) is 2.95. The van der Waals surface area contributed by atoms with E-state index < -0.39 is 0 Å². The van der Waals surface area contributed by atoms with Crippen LogP contribution < -0.4 is 5.32 Å². The number of amides is 1. The normalized spacial score (nSPS) is 16.3. The zero-order valence-corrected chi connectivity index (χ0v) is 15.0. The van der Waals surface area contributed by atoms with Crippen LogP contribution in [-0.2, 0) is 4.79 Å². The molecule has 1 N–H and O–H groups in total. The number of hydrogen-bond donors (Lipinski definition) is 1. The van der Waals surface area contributed by atoms with E-state index in [1.165, 1.54) is 5.57 Å². The highest BCUT2D eigenvalue weighted by Gasteiger charge is 2.17. The summed E-state index contributed by atoms with van der Waals surface area (Å²) in [7, 11) is 0. The third-order valence-corrected chi connectivity index (χ3v) is 4.65. The second-order valence-corrected chi connectivity index (χ2v) is 6.60. The van der Waals surface area contributed by atoms with Crippen molar-refractivity contribution in [1.82, 2.24) is 20.0 Å². The minimum Gasteiger partial charge on any atom is -0.353 e. The van der Waals surface area contributed by atoms with E-state index in [1.807, 2.05) is 48.1 Å². The summed E-state index contributed by atoms with van der Waals surface area (Å²) in [5, 5.41) is 7.50. The van der Waals surface area contributed by atoms with Crippen molar-refractivity contribution in [3.63, 3.8) is 0 Å². The number of hydrogen-bond acceptors (Lipinski definition) is 3. The average Bonchev–Trinajstić information content (AvgIpc) is 3.13. The maximum Gasteiger partial charge on any atom is 0.234 e. The Kier molecular flexibility index (Phi) is 5.66. The molecule has 1 aliphatic rings. The number of carbonyl (C=O) groups is 1. The van der Waals surface area contributed by atoms with Gasteiger partial charge in [0, 0.05) is 30.9 Å². The van der Waals surface area contributed by atoms with Gasteiger partial charge < -0.3 is 5.32 Å². The molecule has 0 spiro atoms. The van der Waals surface area contributed by atoms with Crippen LogP contribution in [0.3, 0.4) is 0 Å². The smallest absolute Gasteiger partial charge is 0.234 e. The highest BCUT2D eigenvalue weighted by Crippen LogP contribution is 2.22. The predicted octanol–water partition coefficient (Wildman–Crippen LogP) is 2.88. The van der Waals surface area contributed by atoms with Gasteiger partial charge in [-0.15, -0.1) is 0 Å². The molecule has 1 aromatic carbocycles. The van der Waals surface area contributed by atoms with Gasteiger partial charge in [0.25, 0.3) is 0 Å². The highest BCUT2D eigenvalue weighted by atomic mass is 16.2. The monoisotopic (exact) mass is 338 g/mol. The summed E-state index contributed by atoms with van der Waals surface area (Å²) in [6.07, 6.45) is 8.11. The fraction of sp³-hybridized carbons (Fsp3) is 0.400. The maximum atomic E-state index is 12.0. The van der Waals surface area contributed by atoms with E-state index in [0.29, 0.717) is 6.54 Å². The molecule has 1 atom stereocenters. The average molecular weight is 338 g/mol. The van der Waals surface area contributed by atoms with E-state index in [9.17, 15) is 4.79 Å². The molecular weight excluding hydrogens is 312 g/mol. The minimum absolute atomic E-state index is 0.114. The van der Waals surface area contributed by atoms with Crippen molar-refractivity contribution in [2.24, 2.45) is 0 Å². The van der Waals surface area contributed by atoms with E-state index >= 15 is 0 Å². The van der Waals surface area contributed by atoms with E-state index in [-0.39, 0.29) is 11.9 Å². The zero-order chi connectivity index (χ0) is 17.6. The number of aromatic nitrogens is 2. The van der Waals surface area contributed by atoms with Crippen LogP contribution in [0.5, 0.6) is 0 Å². The molecule has 2 heterocycles. The Labute approximate surface area is 149 Å². The molecule has 0 saturated heterocycles. The largest absolute Gasteiger partial charge is 0.353 e. The van der Waals surface area contributed by atoms with Crippen molar-refractivity contribution in [2.75, 3.05) is 19.6 Å². The van der Waals surface area contributed by atoms with Gasteiger partial charge in [0.05, 0.1) is 18.4 Å². The maximum absolute atomic E-state index is 12.0. The Morgan fingerprint density at radius 2 is 2.12 bits per heavy atom. The fourth-order valence-electron chi connectivity index (χ4n) is 2.95. The summed E-state index contributed by atoms with van der Waals surface area (Å²) in [5.74, 6) is 0.114. The molecule has 0 fully saturated rings. The van der Waals surface area contributed by atoms with Gasteiger partial charge >= 0.3 is 0 Å². The van der Waals surface area contributed by atoms with Crippen molar-refractivity contribution in [1.29, 1.82) is 0 Å². The highest BCUT2D eigenvalue weighted by molar-refractivity contribution is 5.78. The lowest BCUT2D eigenvalue weighted by molar-refractivity contribution is -0.122. The third kappa shape index (κ3) is 4.57. The van der Waals surface area contributed by atoms with Crippen molar-refractivity contribution < 1.29 is 4.79 Å². The number of carbonyl (C=O) groups excluding carboxylic acids is 1. The standard InChI is InChI=1S/C20H26N4O/c1-3-16(2)22-20(25)15-23-11-9-17(10-12-23)18-13-21-24(14-18)19-7-5-4-6-8-19/h4-9,13-14,16H,3,10-12,15H2,1-2H3,(H,22,25)/t16-/m0/s1. The molecular formula is C20H26N4O. The second kappa shape index (κ2) is 8.12. The van der Waals surface area contributed by atoms with E-state index in [0.717, 1.165) is 37.2 Å². The van der Waals surface area contributed by atoms with Gasteiger partial charge in [-0.25, -0.2) is 4.68 Å². The molecule has 1 aromatic heterocycles. The molecule has 5 nitrogen and oxygen atoms in total. The molecule has 0 unspecified atom stereocenters. The summed E-state index contributed by atoms with van der Waals surface area (Å²) in [5.41, 5.74) is 3.53. The predicted molar refractivity (Wildman–Crippen MR) is 100 cm³/mol. The van der Waals surface area contributed by atoms with Gasteiger partial charge in [0.15, 0.2) is 0 Å². The first-order valence-electron chi connectivity index (χ1n) is 8.97. The number of nitrogens with zero attached hydrogens (tertiary/aromatic N) is 3. The molecule has 0 radical (unpaired) electrons. The molecule has 1 amide bonds. The van der Waals surface area contributed by atoms with Gasteiger partial charge in [-0.3, -0.25) is 9.69 Å². The third-order valence-electron chi connectivity index (χ3n) is 4.65. The van der Waals surface area contributed by atoms with Gasteiger partial charge in [-0.1, -0.05) is 31.2 Å². The number of rotatable bonds is 6. The summed E-state index contributed by atoms with van der Waals surface area (Å²) in [6, 6.07) is 10.4. The number of nitrogens with one attached hydrogen (secondary N) is 1. The summed E-state index contributed by atoms with van der Waals surface area (Å²) >= 11 is 0. The summed E-state index contributed by atoms with van der Waals surface area (Å²) in [4.78, 5) is 14.2. The first-order valence-corrected chi connectivity index (χ1v) is 8.97. The van der Waals surface area contributed by atoms with Gasteiger partial charge in [0.2, 0.25) is 5.91 Å². The summed E-state index contributed by atoms with van der Waals surface area (Å²) < 4.78 is 1.90. The molecule has 3 rings (SSSR count). The first kappa shape index (κ1) is 17.4. The number of benzene rings is 1. The lowest BCUT2D eigenvalue weighted by Gasteiger charge is -2.26. The van der Waals surface area contributed by atoms with E-state index in [2.05, 4.69) is 34.5 Å². The quantitative estimate of drug-likeness (QED) is 0.881. The van der Waals surface area contributed by atoms with E-state index in [4.69, 9.17) is 0 Å². The van der Waals surface area contributed by atoms with Crippen LogP contribution in [0.4, 0.5) is 0 Å². The Balaban J connectivity index is 1.58. The van der Waals surface area contributed by atoms with E-state index in [1.54, 1.807) is 0 Å². The molecule has 0 saturated carbocycles. The van der Waals surface area contributed by atoms with Crippen molar-refractivity contribution >= 4 is 11.5 Å². The van der Waals surface area contributed by atoms with Crippen molar-refractivity contribution in [3.8, 4) is 5.69 Å². The molecule has 132 valence electrons. The number of para-hydroxylation sites is 1. The van der Waals surface area contributed by atoms with Crippen molar-refractivity contribution in [3.05, 3.63) is 54.4 Å². The molecule has 1 aliphatic heterocycles. The Bertz CT molecular complexity index is 735. The summed E-state index contributed by atoms with van der Waals surface area (Å²) in [6.45, 7) is 6.29. The van der Waals surface area contributed by atoms with Gasteiger partial charge in [0.1, 0.15) is 0 Å². The lowest BCUT2D eigenvalue weighted by Crippen LogP contribution is -2.42. The van der Waals surface area contributed by atoms with Crippen LogP contribution in [0.25, 0.3) is 11.3 Å². The minimum atomic E-state index is 0.114. The van der Waals surface area contributed by atoms with Crippen LogP contribution in [0.2, 0.25) is 0 Å². The topological polar surface area (TPSA) is 50.2 Å². The van der Waals surface area contributed by atoms with Gasteiger partial charge in [-0.05, 0) is 37.5 Å². The zero-order valence-electron chi connectivity index (χ0n) is 15.0. The van der Waals surface area contributed by atoms with Crippen molar-refractivity contribution in [2.45, 2.75) is 32.7 Å². The van der Waals surface area contributed by atoms with Crippen LogP contribution >= 0.6 is 0 Å². The second-order valence-electron chi connectivity index (χ2n) is 6.60. The molecule has 0 bridgehead atoms. The Morgan fingerprint density at radius 1 is 1.32 bits per heavy atom. The Hall–Kier alpha value is -2.40. The molecule has 0 aliphatic carbocycles. The molecule has 2 aromatic rings. The first-order chi connectivity index (χ1) is 12.2. The van der Waals surface area contributed by atoms with Crippen LogP contribution in [0.15, 0.2) is 48.8 Å². The van der Waals surface area contributed by atoms with Crippen LogP contribution in [-0.4, -0.2) is 46.3 Å². The SMILES string of the molecule is CC[C@H](C)NC(=O)CN1CC=C(c2cnn(-c3ccccc3)c2)CC1. The molecule has 25 heavy (non-hydrogen) atoms. The lowest BCUT2D eigenvalue weighted by atomic mass is 10.0. The molecule has 5 heteroatoms. The Morgan fingerprint density at radius 3 is 2.80 bits per heavy atom. The van der Waals surface area contributed by atoms with Crippen LogP contribution in [0.1, 0.15) is 32.3 Å².